The van der Waals surface area contributed by atoms with Crippen molar-refractivity contribution < 1.29 is 17.9 Å². The highest BCUT2D eigenvalue weighted by atomic mass is 19.4. The van der Waals surface area contributed by atoms with Gasteiger partial charge in [-0.3, -0.25) is 9.56 Å². The van der Waals surface area contributed by atoms with Crippen molar-refractivity contribution in [2.45, 2.75) is 110 Å². The van der Waals surface area contributed by atoms with Gasteiger partial charge in [-0.15, -0.1) is 0 Å². The number of aromatic nitrogens is 3. The van der Waals surface area contributed by atoms with Crippen molar-refractivity contribution in [1.29, 1.82) is 0 Å². The molecule has 4 rings (SSSR count). The molecular weight excluding hydrogens is 669 g/mol. The van der Waals surface area contributed by atoms with Gasteiger partial charge in [0.1, 0.15) is 5.65 Å². The number of H-pyrrole nitrogens is 1. The second-order valence-electron chi connectivity index (χ2n) is 15.3. The maximum atomic E-state index is 13.1. The van der Waals surface area contributed by atoms with Gasteiger partial charge in [-0.2, -0.15) is 18.2 Å². The molecule has 0 bridgehead atoms. The van der Waals surface area contributed by atoms with E-state index in [0.717, 1.165) is 47.8 Å². The summed E-state index contributed by atoms with van der Waals surface area (Å²) in [6.07, 6.45) is -1.33. The Balaban J connectivity index is 0.000000295. The number of nitrogens with zero attached hydrogens (tertiary/aromatic N) is 3. The molecule has 2 aromatic heterocycles. The van der Waals surface area contributed by atoms with Crippen LogP contribution in [0.2, 0.25) is 0 Å². The van der Waals surface area contributed by atoms with E-state index in [-0.39, 0.29) is 34.6 Å². The monoisotopic (exact) mass is 726 g/mol. The number of halogens is 3. The standard InChI is InChI=1S/C22H31N7O.C17H26F3NO/c1-14(25-10-5-11-26-20(23)24)15-6-8-17(9-7-15)29-13-16-12-18(22(2,3)4)27-19(16)28-21(29)30;1-6-15(21)10-22-11(2)12-7-13(16(3,4)5)9-14(8-12)17(18,19)20/h6-9,12-14,25H,5,10-11H2,1-4H3,(H4,23,24,26)(H,27,28,30);7-9,11,15H,6,10,21H2,1-5H3/t14-;/m0./s1. The molecule has 0 saturated carbocycles. The van der Waals surface area contributed by atoms with E-state index in [1.165, 1.54) is 6.07 Å². The van der Waals surface area contributed by atoms with Gasteiger partial charge in [-0.25, -0.2) is 4.79 Å². The van der Waals surface area contributed by atoms with E-state index in [0.29, 0.717) is 29.9 Å². The molecule has 2 heterocycles. The number of hydrogen-bond acceptors (Lipinski definition) is 6. The van der Waals surface area contributed by atoms with Crippen LogP contribution < -0.4 is 28.2 Å². The summed E-state index contributed by atoms with van der Waals surface area (Å²) in [6.45, 7) is 19.6. The van der Waals surface area contributed by atoms with E-state index >= 15 is 0 Å². The average Bonchev–Trinajstić information content (AvgIpc) is 3.49. The number of ether oxygens (including phenoxy) is 1. The fourth-order valence-corrected chi connectivity index (χ4v) is 5.20. The summed E-state index contributed by atoms with van der Waals surface area (Å²) in [5.74, 6) is 0.121. The maximum absolute atomic E-state index is 13.1. The van der Waals surface area contributed by atoms with Gasteiger partial charge in [0.25, 0.3) is 0 Å². The lowest BCUT2D eigenvalue weighted by Gasteiger charge is -2.24. The van der Waals surface area contributed by atoms with Crippen molar-refractivity contribution in [3.05, 3.63) is 93.2 Å². The largest absolute Gasteiger partial charge is 0.416 e. The molecule has 13 heteroatoms. The predicted octanol–water partition coefficient (Wildman–Crippen LogP) is 7.14. The topological polar surface area (TPSA) is 162 Å². The number of rotatable bonds is 12. The molecule has 0 aliphatic heterocycles. The predicted molar refractivity (Wildman–Crippen MR) is 205 cm³/mol. The second kappa shape index (κ2) is 17.5. The lowest BCUT2D eigenvalue weighted by molar-refractivity contribution is -0.137. The van der Waals surface area contributed by atoms with Gasteiger partial charge in [0.05, 0.1) is 24.0 Å². The molecule has 0 aliphatic carbocycles. The van der Waals surface area contributed by atoms with Crippen LogP contribution in [0, 0.1) is 0 Å². The van der Waals surface area contributed by atoms with Crippen LogP contribution >= 0.6 is 0 Å². The fourth-order valence-electron chi connectivity index (χ4n) is 5.20. The molecule has 4 aromatic rings. The van der Waals surface area contributed by atoms with Crippen LogP contribution in [-0.4, -0.2) is 46.2 Å². The van der Waals surface area contributed by atoms with Gasteiger partial charge < -0.3 is 32.2 Å². The van der Waals surface area contributed by atoms with Gasteiger partial charge in [-0.05, 0) is 85.7 Å². The summed E-state index contributed by atoms with van der Waals surface area (Å²) in [4.78, 5) is 24.0. The molecule has 8 N–H and O–H groups in total. The van der Waals surface area contributed by atoms with Crippen molar-refractivity contribution in [3.8, 4) is 5.69 Å². The minimum absolute atomic E-state index is 0.0390. The summed E-state index contributed by atoms with van der Waals surface area (Å²) < 4.78 is 46.5. The van der Waals surface area contributed by atoms with Crippen LogP contribution in [0.1, 0.15) is 115 Å². The number of aromatic amines is 1. The van der Waals surface area contributed by atoms with Crippen LogP contribution in [0.4, 0.5) is 13.2 Å². The molecule has 52 heavy (non-hydrogen) atoms. The molecule has 3 atom stereocenters. The highest BCUT2D eigenvalue weighted by Crippen LogP contribution is 2.36. The Kier molecular flexibility index (Phi) is 14.2. The van der Waals surface area contributed by atoms with Crippen molar-refractivity contribution in [2.24, 2.45) is 22.2 Å². The first-order valence-corrected chi connectivity index (χ1v) is 17.7. The number of fused-ring (bicyclic) bond motifs is 1. The summed E-state index contributed by atoms with van der Waals surface area (Å²) in [6, 6.07) is 14.2. The number of aliphatic imine (C=N–C) groups is 1. The zero-order valence-electron chi connectivity index (χ0n) is 32.0. The minimum Gasteiger partial charge on any atom is -0.372 e. The summed E-state index contributed by atoms with van der Waals surface area (Å²) >= 11 is 0. The highest BCUT2D eigenvalue weighted by Gasteiger charge is 2.33. The lowest BCUT2D eigenvalue weighted by atomic mass is 9.84. The van der Waals surface area contributed by atoms with E-state index in [2.05, 4.69) is 54.0 Å². The first kappa shape index (κ1) is 42.2. The summed E-state index contributed by atoms with van der Waals surface area (Å²) in [7, 11) is 0. The quantitative estimate of drug-likeness (QED) is 0.0589. The van der Waals surface area contributed by atoms with Crippen LogP contribution in [0.15, 0.2) is 64.5 Å². The van der Waals surface area contributed by atoms with Gasteiger partial charge >= 0.3 is 11.9 Å². The highest BCUT2D eigenvalue weighted by molar-refractivity contribution is 5.76. The van der Waals surface area contributed by atoms with Crippen molar-refractivity contribution in [2.75, 3.05) is 19.7 Å². The number of nitrogens with one attached hydrogen (secondary N) is 2. The zero-order valence-corrected chi connectivity index (χ0v) is 32.0. The molecule has 0 saturated heterocycles. The molecule has 0 radical (unpaired) electrons. The van der Waals surface area contributed by atoms with Crippen LogP contribution in [0.5, 0.6) is 0 Å². The van der Waals surface area contributed by atoms with Crippen LogP contribution in [0.25, 0.3) is 16.7 Å². The van der Waals surface area contributed by atoms with Crippen LogP contribution in [0.3, 0.4) is 0 Å². The molecule has 0 fully saturated rings. The molecule has 2 aromatic carbocycles. The van der Waals surface area contributed by atoms with Gasteiger partial charge in [-0.1, -0.05) is 66.7 Å². The summed E-state index contributed by atoms with van der Waals surface area (Å²) in [5, 5.41) is 4.36. The average molecular weight is 727 g/mol. The number of guanidine groups is 1. The van der Waals surface area contributed by atoms with Crippen molar-refractivity contribution >= 4 is 17.0 Å². The number of nitrogens with two attached hydrogens (primary N) is 3. The first-order valence-electron chi connectivity index (χ1n) is 17.7. The smallest absolute Gasteiger partial charge is 0.372 e. The Hall–Kier alpha value is -4.20. The Morgan fingerprint density at radius 2 is 1.60 bits per heavy atom. The molecular formula is C39H57F3N8O2. The van der Waals surface area contributed by atoms with E-state index < -0.39 is 17.8 Å². The number of hydrogen-bond donors (Lipinski definition) is 5. The Morgan fingerprint density at radius 3 is 2.15 bits per heavy atom. The molecule has 0 spiro atoms. The molecule has 0 amide bonds. The maximum Gasteiger partial charge on any atom is 0.416 e. The van der Waals surface area contributed by atoms with Gasteiger partial charge in [0, 0.05) is 41.3 Å². The normalized spacial score (nSPS) is 14.0. The van der Waals surface area contributed by atoms with Crippen molar-refractivity contribution in [3.63, 3.8) is 0 Å². The zero-order chi connectivity index (χ0) is 39.0. The molecule has 0 aliphatic rings. The molecule has 286 valence electrons. The Bertz CT molecular complexity index is 1800. The molecule has 2 unspecified atom stereocenters. The van der Waals surface area contributed by atoms with Gasteiger partial charge in [0.15, 0.2) is 5.96 Å². The van der Waals surface area contributed by atoms with Crippen molar-refractivity contribution in [1.82, 2.24) is 19.9 Å². The van der Waals surface area contributed by atoms with E-state index in [1.54, 1.807) is 17.6 Å². The molecule has 10 nitrogen and oxygen atoms in total. The van der Waals surface area contributed by atoms with E-state index in [4.69, 9.17) is 21.9 Å². The Labute approximate surface area is 305 Å². The van der Waals surface area contributed by atoms with Gasteiger partial charge in [0.2, 0.25) is 0 Å². The third kappa shape index (κ3) is 12.2. The lowest BCUT2D eigenvalue weighted by Crippen LogP contribution is -2.26. The Morgan fingerprint density at radius 1 is 0.962 bits per heavy atom. The number of benzene rings is 2. The SMILES string of the molecule is CCC(N)COC(C)c1cc(C(C)(C)C)cc(C(F)(F)F)c1.C[C@H](NCCCN=C(N)N)c1ccc(-n2cc3cc(C(C)(C)C)[nH]c3nc2=O)cc1. The fraction of sp³-hybridized carbons (Fsp3) is 0.513. The number of alkyl halides is 3. The van der Waals surface area contributed by atoms with Crippen LogP contribution in [-0.2, 0) is 21.7 Å². The third-order valence-corrected chi connectivity index (χ3v) is 8.77. The minimum atomic E-state index is -4.37. The second-order valence-corrected chi connectivity index (χ2v) is 15.3. The van der Waals surface area contributed by atoms with E-state index in [9.17, 15) is 18.0 Å². The first-order chi connectivity index (χ1) is 24.1. The third-order valence-electron chi connectivity index (χ3n) is 8.77. The summed E-state index contributed by atoms with van der Waals surface area (Å²) in [5.41, 5.74) is 19.9. The van der Waals surface area contributed by atoms with E-state index in [1.807, 2.05) is 58.2 Å².